The first-order valence-electron chi connectivity index (χ1n) is 10.8. The summed E-state index contributed by atoms with van der Waals surface area (Å²) in [7, 11) is 0. The second kappa shape index (κ2) is 7.04. The average molecular weight is 416 g/mol. The number of amides is 1. The first-order valence-corrected chi connectivity index (χ1v) is 10.8. The molecule has 2 unspecified atom stereocenters. The fourth-order valence-corrected chi connectivity index (χ4v) is 4.90. The van der Waals surface area contributed by atoms with Gasteiger partial charge in [0.2, 0.25) is 0 Å². The molecule has 3 aromatic heterocycles. The number of nitrogens with two attached hydrogens (primary N) is 1. The third-order valence-corrected chi connectivity index (χ3v) is 6.72. The summed E-state index contributed by atoms with van der Waals surface area (Å²) in [6, 6.07) is 5.98. The quantitative estimate of drug-likeness (QED) is 0.649. The molecule has 0 radical (unpaired) electrons. The molecular formula is C22H24N8O. The molecule has 0 bridgehead atoms. The number of anilines is 2. The van der Waals surface area contributed by atoms with E-state index in [0.717, 1.165) is 60.3 Å². The van der Waals surface area contributed by atoms with Crippen molar-refractivity contribution in [2.45, 2.75) is 31.8 Å². The summed E-state index contributed by atoms with van der Waals surface area (Å²) in [5, 5.41) is 11.2. The number of carbonyl (C=O) groups is 1. The Morgan fingerprint density at radius 3 is 2.87 bits per heavy atom. The van der Waals surface area contributed by atoms with Crippen LogP contribution in [0.1, 0.15) is 46.1 Å². The molecule has 3 N–H and O–H groups in total. The monoisotopic (exact) mass is 416 g/mol. The molecule has 0 spiro atoms. The molecule has 31 heavy (non-hydrogen) atoms. The van der Waals surface area contributed by atoms with Crippen LogP contribution < -0.4 is 16.0 Å². The molecule has 1 saturated carbocycles. The van der Waals surface area contributed by atoms with E-state index in [1.807, 2.05) is 12.3 Å². The minimum Gasteiger partial charge on any atom is -0.383 e. The van der Waals surface area contributed by atoms with Crippen molar-refractivity contribution >= 4 is 17.5 Å². The summed E-state index contributed by atoms with van der Waals surface area (Å²) in [6.45, 7) is 2.79. The highest BCUT2D eigenvalue weighted by atomic mass is 16.2. The number of nitrogens with one attached hydrogen (secondary N) is 1. The van der Waals surface area contributed by atoms with E-state index in [1.54, 1.807) is 17.1 Å². The number of carbonyl (C=O) groups excluding carboxylic acids is 1. The van der Waals surface area contributed by atoms with Crippen molar-refractivity contribution in [1.82, 2.24) is 30.3 Å². The number of hydrogen-bond acceptors (Lipinski definition) is 7. The van der Waals surface area contributed by atoms with E-state index in [2.05, 4.69) is 42.6 Å². The molecule has 9 heteroatoms. The van der Waals surface area contributed by atoms with Gasteiger partial charge in [0.1, 0.15) is 11.6 Å². The highest BCUT2D eigenvalue weighted by Gasteiger charge is 2.45. The van der Waals surface area contributed by atoms with Crippen LogP contribution in [0.4, 0.5) is 11.6 Å². The normalized spacial score (nSPS) is 23.5. The fraction of sp³-hybridized carbons (Fsp3) is 0.409. The van der Waals surface area contributed by atoms with Gasteiger partial charge in [-0.05, 0) is 59.9 Å². The topological polar surface area (TPSA) is 115 Å². The van der Waals surface area contributed by atoms with E-state index in [4.69, 9.17) is 5.73 Å². The van der Waals surface area contributed by atoms with Crippen LogP contribution in [-0.4, -0.2) is 44.0 Å². The molecule has 2 aliphatic carbocycles. The lowest BCUT2D eigenvalue weighted by molar-refractivity contribution is 0.0931. The Kier molecular flexibility index (Phi) is 4.15. The lowest BCUT2D eigenvalue weighted by Crippen LogP contribution is -2.27. The van der Waals surface area contributed by atoms with Gasteiger partial charge in [0.15, 0.2) is 5.69 Å². The average Bonchev–Trinajstić information content (AvgIpc) is 3.16. The lowest BCUT2D eigenvalue weighted by atomic mass is 10.1. The van der Waals surface area contributed by atoms with E-state index in [9.17, 15) is 4.79 Å². The largest absolute Gasteiger partial charge is 0.383 e. The van der Waals surface area contributed by atoms with E-state index in [0.29, 0.717) is 18.1 Å². The fourth-order valence-electron chi connectivity index (χ4n) is 4.90. The number of hydrogen-bond donors (Lipinski definition) is 2. The van der Waals surface area contributed by atoms with Crippen LogP contribution in [0.15, 0.2) is 36.8 Å². The molecule has 0 aromatic carbocycles. The zero-order chi connectivity index (χ0) is 20.9. The van der Waals surface area contributed by atoms with Gasteiger partial charge in [0, 0.05) is 25.5 Å². The van der Waals surface area contributed by atoms with Gasteiger partial charge in [0.25, 0.3) is 5.91 Å². The summed E-state index contributed by atoms with van der Waals surface area (Å²) < 4.78 is 1.67. The predicted octanol–water partition coefficient (Wildman–Crippen LogP) is 1.57. The summed E-state index contributed by atoms with van der Waals surface area (Å²) in [5.74, 6) is 3.12. The van der Waals surface area contributed by atoms with Crippen LogP contribution in [0.3, 0.4) is 0 Å². The van der Waals surface area contributed by atoms with E-state index < -0.39 is 0 Å². The zero-order valence-corrected chi connectivity index (χ0v) is 17.1. The summed E-state index contributed by atoms with van der Waals surface area (Å²) >= 11 is 0. The van der Waals surface area contributed by atoms with Crippen molar-refractivity contribution in [1.29, 1.82) is 0 Å². The molecule has 3 aromatic rings. The minimum absolute atomic E-state index is 0.0775. The van der Waals surface area contributed by atoms with Gasteiger partial charge in [-0.15, -0.1) is 5.10 Å². The van der Waals surface area contributed by atoms with Crippen LogP contribution in [-0.2, 0) is 13.0 Å². The second-order valence-electron chi connectivity index (χ2n) is 8.82. The van der Waals surface area contributed by atoms with Gasteiger partial charge >= 0.3 is 0 Å². The van der Waals surface area contributed by atoms with Crippen molar-refractivity contribution < 1.29 is 4.79 Å². The maximum Gasteiger partial charge on any atom is 0.273 e. The number of piperidine rings is 1. The highest BCUT2D eigenvalue weighted by Crippen LogP contribution is 2.45. The standard InChI is InChI=1S/C22H24N8O/c23-21-17-2-3-18(16(17)5-6-24-21)26-22(31)19-12-30(28-27-19)9-13-1-4-20(25-8-13)29-10-14-7-15(14)11-29/h1,4-6,8,12,14-15,18H,2-3,7,9-11H2,(H2,23,24)(H,26,31)/t14?,15?,18-/m1/s1. The van der Waals surface area contributed by atoms with Gasteiger partial charge in [-0.25, -0.2) is 14.6 Å². The summed E-state index contributed by atoms with van der Waals surface area (Å²) in [5.41, 5.74) is 9.34. The Morgan fingerprint density at radius 1 is 1.19 bits per heavy atom. The number of aromatic nitrogens is 5. The van der Waals surface area contributed by atoms with Crippen LogP contribution in [0.25, 0.3) is 0 Å². The van der Waals surface area contributed by atoms with Gasteiger partial charge < -0.3 is 16.0 Å². The SMILES string of the molecule is Nc1nccc2c1CC[C@H]2NC(=O)c1cn(Cc2ccc(N3CC4CC4C3)nc2)nn1. The Hall–Kier alpha value is -3.49. The molecule has 1 aliphatic heterocycles. The van der Waals surface area contributed by atoms with Crippen LogP contribution in [0, 0.1) is 11.8 Å². The van der Waals surface area contributed by atoms with E-state index >= 15 is 0 Å². The molecule has 158 valence electrons. The number of pyridine rings is 2. The Balaban J connectivity index is 1.09. The Labute approximate surface area is 179 Å². The summed E-state index contributed by atoms with van der Waals surface area (Å²) in [4.78, 5) is 23.8. The molecule has 1 amide bonds. The first kappa shape index (κ1) is 18.3. The predicted molar refractivity (Wildman–Crippen MR) is 114 cm³/mol. The third kappa shape index (κ3) is 3.39. The second-order valence-corrected chi connectivity index (χ2v) is 8.82. The number of rotatable bonds is 5. The van der Waals surface area contributed by atoms with Crippen LogP contribution in [0.5, 0.6) is 0 Å². The van der Waals surface area contributed by atoms with E-state index in [-0.39, 0.29) is 11.9 Å². The maximum absolute atomic E-state index is 12.7. The molecular weight excluding hydrogens is 392 g/mol. The molecule has 6 rings (SSSR count). The summed E-state index contributed by atoms with van der Waals surface area (Å²) in [6.07, 6.45) is 8.24. The molecule has 9 nitrogen and oxygen atoms in total. The van der Waals surface area contributed by atoms with Crippen molar-refractivity contribution in [2.75, 3.05) is 23.7 Å². The van der Waals surface area contributed by atoms with Crippen molar-refractivity contribution in [2.24, 2.45) is 11.8 Å². The number of nitrogens with zero attached hydrogens (tertiary/aromatic N) is 6. The first-order chi connectivity index (χ1) is 15.1. The maximum atomic E-state index is 12.7. The third-order valence-electron chi connectivity index (χ3n) is 6.72. The Bertz CT molecular complexity index is 1130. The van der Waals surface area contributed by atoms with Gasteiger partial charge in [-0.3, -0.25) is 4.79 Å². The van der Waals surface area contributed by atoms with Gasteiger partial charge in [-0.2, -0.15) is 0 Å². The number of fused-ring (bicyclic) bond motifs is 2. The molecule has 4 heterocycles. The van der Waals surface area contributed by atoms with Gasteiger partial charge in [-0.1, -0.05) is 11.3 Å². The Morgan fingerprint density at radius 2 is 2.06 bits per heavy atom. The van der Waals surface area contributed by atoms with Crippen molar-refractivity contribution in [3.8, 4) is 0 Å². The molecule has 2 fully saturated rings. The van der Waals surface area contributed by atoms with E-state index in [1.165, 1.54) is 6.42 Å². The highest BCUT2D eigenvalue weighted by molar-refractivity contribution is 5.92. The lowest BCUT2D eigenvalue weighted by Gasteiger charge is -2.18. The molecule has 3 aliphatic rings. The molecule has 3 atom stereocenters. The van der Waals surface area contributed by atoms with Crippen molar-refractivity contribution in [3.63, 3.8) is 0 Å². The van der Waals surface area contributed by atoms with Crippen LogP contribution in [0.2, 0.25) is 0 Å². The smallest absolute Gasteiger partial charge is 0.273 e. The van der Waals surface area contributed by atoms with Crippen molar-refractivity contribution in [3.05, 3.63) is 59.2 Å². The molecule has 1 saturated heterocycles. The van der Waals surface area contributed by atoms with Crippen LogP contribution >= 0.6 is 0 Å². The minimum atomic E-state index is -0.236. The zero-order valence-electron chi connectivity index (χ0n) is 17.1. The van der Waals surface area contributed by atoms with Gasteiger partial charge in [0.05, 0.1) is 18.8 Å². The number of nitrogen functional groups attached to an aromatic ring is 1.